The van der Waals surface area contributed by atoms with Crippen molar-refractivity contribution in [2.45, 2.75) is 6.92 Å². The summed E-state index contributed by atoms with van der Waals surface area (Å²) in [4.78, 5) is 0. The summed E-state index contributed by atoms with van der Waals surface area (Å²) in [5.74, 6) is -3.07. The van der Waals surface area contributed by atoms with E-state index < -0.39 is 23.3 Å². The van der Waals surface area contributed by atoms with Crippen molar-refractivity contribution in [3.63, 3.8) is 0 Å². The number of halogens is 4. The molecule has 17 heavy (non-hydrogen) atoms. The fourth-order valence-electron chi connectivity index (χ4n) is 1.53. The number of hydrogen-bond acceptors (Lipinski definition) is 0. The zero-order valence-electron chi connectivity index (χ0n) is 8.90. The van der Waals surface area contributed by atoms with Gasteiger partial charge in [-0.25, -0.2) is 17.6 Å². The molecule has 0 amide bonds. The van der Waals surface area contributed by atoms with Crippen molar-refractivity contribution < 1.29 is 17.6 Å². The van der Waals surface area contributed by atoms with Crippen molar-refractivity contribution in [2.75, 3.05) is 0 Å². The molecule has 0 spiro atoms. The first kappa shape index (κ1) is 11.6. The normalized spacial score (nSPS) is 10.6. The van der Waals surface area contributed by atoms with E-state index in [4.69, 9.17) is 0 Å². The fourth-order valence-corrected chi connectivity index (χ4v) is 1.53. The van der Waals surface area contributed by atoms with Gasteiger partial charge in [-0.15, -0.1) is 0 Å². The van der Waals surface area contributed by atoms with Crippen LogP contribution >= 0.6 is 0 Å². The van der Waals surface area contributed by atoms with Gasteiger partial charge in [-0.1, -0.05) is 0 Å². The fraction of sp³-hybridized carbons (Fsp3) is 0.0769. The van der Waals surface area contributed by atoms with Crippen LogP contribution in [0.2, 0.25) is 0 Å². The van der Waals surface area contributed by atoms with Crippen LogP contribution in [0.3, 0.4) is 0 Å². The van der Waals surface area contributed by atoms with Gasteiger partial charge in [0.1, 0.15) is 23.3 Å². The zero-order valence-corrected chi connectivity index (χ0v) is 8.90. The summed E-state index contributed by atoms with van der Waals surface area (Å²) < 4.78 is 52.5. The van der Waals surface area contributed by atoms with Gasteiger partial charge in [-0.05, 0) is 42.3 Å². The molecule has 0 radical (unpaired) electrons. The average Bonchev–Trinajstić information content (AvgIpc) is 2.23. The van der Waals surface area contributed by atoms with Crippen LogP contribution in [0.4, 0.5) is 17.6 Å². The van der Waals surface area contributed by atoms with Crippen molar-refractivity contribution in [1.82, 2.24) is 0 Å². The van der Waals surface area contributed by atoms with Crippen molar-refractivity contribution in [2.24, 2.45) is 0 Å². The summed E-state index contributed by atoms with van der Waals surface area (Å²) in [6, 6.07) is 4.84. The van der Waals surface area contributed by atoms with Gasteiger partial charge in [-0.3, -0.25) is 0 Å². The third kappa shape index (κ3) is 2.30. The van der Waals surface area contributed by atoms with Gasteiger partial charge in [0, 0.05) is 11.6 Å². The van der Waals surface area contributed by atoms with E-state index >= 15 is 0 Å². The van der Waals surface area contributed by atoms with Crippen LogP contribution in [0.5, 0.6) is 0 Å². The highest BCUT2D eigenvalue weighted by Crippen LogP contribution is 2.25. The smallest absolute Gasteiger partial charge is 0.129 e. The Labute approximate surface area is 95.5 Å². The minimum absolute atomic E-state index is 0.0975. The van der Waals surface area contributed by atoms with Crippen LogP contribution in [0.15, 0.2) is 30.3 Å². The predicted molar refractivity (Wildman–Crippen MR) is 56.4 cm³/mol. The lowest BCUT2D eigenvalue weighted by molar-refractivity contribution is 0.568. The van der Waals surface area contributed by atoms with E-state index in [0.29, 0.717) is 6.07 Å². The Morgan fingerprint density at radius 1 is 0.647 bits per heavy atom. The molecule has 4 heteroatoms. The van der Waals surface area contributed by atoms with Crippen molar-refractivity contribution in [3.8, 4) is 11.1 Å². The summed E-state index contributed by atoms with van der Waals surface area (Å²) in [5, 5.41) is 0. The molecular formula is C13H8F4. The molecule has 0 heterocycles. The standard InChI is InChI=1S/C13H8F4/c1-7-12(16)4-9(5-13(7)17)8-2-10(14)6-11(15)3-8/h2-6H,1H3. The van der Waals surface area contributed by atoms with Crippen LogP contribution in [0, 0.1) is 30.2 Å². The second-order valence-electron chi connectivity index (χ2n) is 3.72. The Hall–Kier alpha value is -1.84. The van der Waals surface area contributed by atoms with Crippen LogP contribution < -0.4 is 0 Å². The highest BCUT2D eigenvalue weighted by Gasteiger charge is 2.09. The molecule has 0 atom stereocenters. The van der Waals surface area contributed by atoms with E-state index in [0.717, 1.165) is 24.3 Å². The van der Waals surface area contributed by atoms with Crippen molar-refractivity contribution in [3.05, 3.63) is 59.2 Å². The summed E-state index contributed by atoms with van der Waals surface area (Å²) in [5.41, 5.74) is 0.0786. The van der Waals surface area contributed by atoms with Crippen molar-refractivity contribution in [1.29, 1.82) is 0 Å². The highest BCUT2D eigenvalue weighted by molar-refractivity contribution is 5.64. The second-order valence-corrected chi connectivity index (χ2v) is 3.72. The molecule has 0 saturated carbocycles. The van der Waals surface area contributed by atoms with Crippen LogP contribution in [-0.2, 0) is 0 Å². The minimum atomic E-state index is -0.790. The van der Waals surface area contributed by atoms with E-state index in [2.05, 4.69) is 0 Å². The SMILES string of the molecule is Cc1c(F)cc(-c2cc(F)cc(F)c2)cc1F. The molecule has 0 aliphatic rings. The average molecular weight is 240 g/mol. The molecule has 2 aromatic carbocycles. The van der Waals surface area contributed by atoms with E-state index in [-0.39, 0.29) is 16.7 Å². The summed E-state index contributed by atoms with van der Waals surface area (Å²) in [6.07, 6.45) is 0. The molecule has 0 nitrogen and oxygen atoms in total. The van der Waals surface area contributed by atoms with Crippen LogP contribution in [0.1, 0.15) is 5.56 Å². The molecule has 0 N–H and O–H groups in total. The Kier molecular flexibility index (Phi) is 2.88. The topological polar surface area (TPSA) is 0 Å². The Balaban J connectivity index is 2.60. The van der Waals surface area contributed by atoms with Gasteiger partial charge in [0.2, 0.25) is 0 Å². The summed E-state index contributed by atoms with van der Waals surface area (Å²) in [6.45, 7) is 1.29. The maximum absolute atomic E-state index is 13.3. The first-order chi connectivity index (χ1) is 7.97. The molecule has 0 unspecified atom stereocenters. The largest absolute Gasteiger partial charge is 0.207 e. The highest BCUT2D eigenvalue weighted by atomic mass is 19.1. The van der Waals surface area contributed by atoms with Gasteiger partial charge < -0.3 is 0 Å². The van der Waals surface area contributed by atoms with E-state index in [1.54, 1.807) is 0 Å². The predicted octanol–water partition coefficient (Wildman–Crippen LogP) is 4.22. The first-order valence-electron chi connectivity index (χ1n) is 4.89. The lowest BCUT2D eigenvalue weighted by Gasteiger charge is -2.05. The second kappa shape index (κ2) is 4.20. The third-order valence-electron chi connectivity index (χ3n) is 2.48. The molecule has 88 valence electrons. The van der Waals surface area contributed by atoms with Gasteiger partial charge in [-0.2, -0.15) is 0 Å². The Morgan fingerprint density at radius 3 is 1.53 bits per heavy atom. The maximum Gasteiger partial charge on any atom is 0.129 e. The quantitative estimate of drug-likeness (QED) is 0.655. The molecule has 0 saturated heterocycles. The number of hydrogen-bond donors (Lipinski definition) is 0. The van der Waals surface area contributed by atoms with Gasteiger partial charge in [0.05, 0.1) is 0 Å². The molecule has 0 aromatic heterocycles. The molecule has 2 rings (SSSR count). The van der Waals surface area contributed by atoms with E-state index in [1.165, 1.54) is 6.92 Å². The van der Waals surface area contributed by atoms with Gasteiger partial charge in [0.15, 0.2) is 0 Å². The van der Waals surface area contributed by atoms with Gasteiger partial charge in [0.25, 0.3) is 0 Å². The van der Waals surface area contributed by atoms with Gasteiger partial charge >= 0.3 is 0 Å². The first-order valence-corrected chi connectivity index (χ1v) is 4.89. The van der Waals surface area contributed by atoms with E-state index in [9.17, 15) is 17.6 Å². The minimum Gasteiger partial charge on any atom is -0.207 e. The number of rotatable bonds is 1. The molecule has 0 aliphatic heterocycles. The third-order valence-corrected chi connectivity index (χ3v) is 2.48. The summed E-state index contributed by atoms with van der Waals surface area (Å²) >= 11 is 0. The Morgan fingerprint density at radius 2 is 1.06 bits per heavy atom. The lowest BCUT2D eigenvalue weighted by atomic mass is 10.0. The molecular weight excluding hydrogens is 232 g/mol. The molecule has 2 aromatic rings. The molecule has 0 aliphatic carbocycles. The number of benzene rings is 2. The lowest BCUT2D eigenvalue weighted by Crippen LogP contribution is -1.91. The summed E-state index contributed by atoms with van der Waals surface area (Å²) in [7, 11) is 0. The molecule has 0 fully saturated rings. The monoisotopic (exact) mass is 240 g/mol. The van der Waals surface area contributed by atoms with Crippen LogP contribution in [0.25, 0.3) is 11.1 Å². The van der Waals surface area contributed by atoms with E-state index in [1.807, 2.05) is 0 Å². The maximum atomic E-state index is 13.3. The van der Waals surface area contributed by atoms with Crippen molar-refractivity contribution >= 4 is 0 Å². The van der Waals surface area contributed by atoms with Crippen LogP contribution in [-0.4, -0.2) is 0 Å². The molecule has 0 bridgehead atoms. The Bertz CT molecular complexity index is 532. The zero-order chi connectivity index (χ0) is 12.6.